The van der Waals surface area contributed by atoms with Crippen molar-refractivity contribution in [3.05, 3.63) is 21.4 Å². The van der Waals surface area contributed by atoms with Crippen molar-refractivity contribution >= 4 is 11.3 Å². The van der Waals surface area contributed by atoms with Crippen LogP contribution < -0.4 is 5.73 Å². The van der Waals surface area contributed by atoms with Crippen molar-refractivity contribution in [3.8, 4) is 0 Å². The number of aryl methyl sites for hydroxylation is 2. The van der Waals surface area contributed by atoms with E-state index < -0.39 is 0 Å². The monoisotopic (exact) mass is 239 g/mol. The van der Waals surface area contributed by atoms with Crippen LogP contribution in [0.3, 0.4) is 0 Å². The Hall–Kier alpha value is -0.380. The van der Waals surface area contributed by atoms with Gasteiger partial charge in [-0.15, -0.1) is 11.3 Å². The summed E-state index contributed by atoms with van der Waals surface area (Å²) in [4.78, 5) is 3.02. The van der Waals surface area contributed by atoms with Gasteiger partial charge in [0.2, 0.25) is 0 Å². The smallest absolute Gasteiger partial charge is 0.0832 e. The van der Waals surface area contributed by atoms with Crippen LogP contribution in [0.5, 0.6) is 0 Å². The SMILES string of the molecule is COC1CCCc2sc(CCC(C)N)cc21. The van der Waals surface area contributed by atoms with Gasteiger partial charge in [-0.3, -0.25) is 0 Å². The molecule has 0 bridgehead atoms. The molecule has 0 aliphatic heterocycles. The largest absolute Gasteiger partial charge is 0.377 e. The number of thiophene rings is 1. The van der Waals surface area contributed by atoms with Crippen LogP contribution in [0.4, 0.5) is 0 Å². The van der Waals surface area contributed by atoms with Crippen LogP contribution in [-0.4, -0.2) is 13.2 Å². The van der Waals surface area contributed by atoms with E-state index in [2.05, 4.69) is 13.0 Å². The minimum atomic E-state index is 0.303. The Morgan fingerprint density at radius 1 is 1.62 bits per heavy atom. The Morgan fingerprint density at radius 2 is 2.44 bits per heavy atom. The molecular weight excluding hydrogens is 218 g/mol. The number of hydrogen-bond donors (Lipinski definition) is 1. The normalized spacial score (nSPS) is 21.8. The molecule has 0 amide bonds. The first kappa shape index (κ1) is 12.1. The van der Waals surface area contributed by atoms with E-state index in [9.17, 15) is 0 Å². The molecule has 0 saturated carbocycles. The van der Waals surface area contributed by atoms with Gasteiger partial charge in [-0.05, 0) is 50.7 Å². The lowest BCUT2D eigenvalue weighted by atomic mass is 9.96. The van der Waals surface area contributed by atoms with Crippen LogP contribution in [0.2, 0.25) is 0 Å². The van der Waals surface area contributed by atoms with Gasteiger partial charge in [0.05, 0.1) is 6.10 Å². The van der Waals surface area contributed by atoms with E-state index in [-0.39, 0.29) is 0 Å². The molecular formula is C13H21NOS. The van der Waals surface area contributed by atoms with Crippen LogP contribution in [0.15, 0.2) is 6.07 Å². The Balaban J connectivity index is 2.09. The summed E-state index contributed by atoms with van der Waals surface area (Å²) in [6.07, 6.45) is 6.20. The van der Waals surface area contributed by atoms with E-state index in [4.69, 9.17) is 10.5 Å². The third kappa shape index (κ3) is 2.65. The molecule has 0 spiro atoms. The van der Waals surface area contributed by atoms with Gasteiger partial charge in [0.1, 0.15) is 0 Å². The Labute approximate surface area is 102 Å². The van der Waals surface area contributed by atoms with E-state index in [0.717, 1.165) is 12.8 Å². The van der Waals surface area contributed by atoms with Gasteiger partial charge in [0.25, 0.3) is 0 Å². The second kappa shape index (κ2) is 5.30. The van der Waals surface area contributed by atoms with Crippen molar-refractivity contribution < 1.29 is 4.74 Å². The number of nitrogens with two attached hydrogens (primary N) is 1. The maximum atomic E-state index is 5.80. The van der Waals surface area contributed by atoms with E-state index in [1.807, 2.05) is 18.4 Å². The highest BCUT2D eigenvalue weighted by atomic mass is 32.1. The van der Waals surface area contributed by atoms with Crippen LogP contribution >= 0.6 is 11.3 Å². The molecule has 1 aliphatic carbocycles. The summed E-state index contributed by atoms with van der Waals surface area (Å²) in [6, 6.07) is 2.65. The summed E-state index contributed by atoms with van der Waals surface area (Å²) >= 11 is 1.96. The zero-order chi connectivity index (χ0) is 11.5. The van der Waals surface area contributed by atoms with Crippen LogP contribution in [0.1, 0.15) is 47.6 Å². The summed E-state index contributed by atoms with van der Waals surface area (Å²) in [7, 11) is 1.82. The second-order valence-corrected chi connectivity index (χ2v) is 5.95. The topological polar surface area (TPSA) is 35.2 Å². The van der Waals surface area contributed by atoms with Crippen molar-refractivity contribution in [2.75, 3.05) is 7.11 Å². The first-order chi connectivity index (χ1) is 7.70. The van der Waals surface area contributed by atoms with Gasteiger partial charge < -0.3 is 10.5 Å². The fourth-order valence-corrected chi connectivity index (χ4v) is 3.59. The number of rotatable bonds is 4. The Kier molecular flexibility index (Phi) is 4.00. The van der Waals surface area contributed by atoms with Gasteiger partial charge in [-0.2, -0.15) is 0 Å². The third-order valence-electron chi connectivity index (χ3n) is 3.24. The molecule has 0 aromatic carbocycles. The molecule has 2 atom stereocenters. The summed E-state index contributed by atoms with van der Waals surface area (Å²) in [5, 5.41) is 0. The summed E-state index contributed by atoms with van der Waals surface area (Å²) in [5.74, 6) is 0. The van der Waals surface area contributed by atoms with Crippen molar-refractivity contribution in [1.29, 1.82) is 0 Å². The van der Waals surface area contributed by atoms with Crippen molar-refractivity contribution in [2.45, 2.75) is 51.2 Å². The van der Waals surface area contributed by atoms with Crippen molar-refractivity contribution in [1.82, 2.24) is 0 Å². The maximum absolute atomic E-state index is 5.80. The molecule has 0 radical (unpaired) electrons. The van der Waals surface area contributed by atoms with Crippen molar-refractivity contribution in [2.24, 2.45) is 5.73 Å². The minimum Gasteiger partial charge on any atom is -0.377 e. The lowest BCUT2D eigenvalue weighted by molar-refractivity contribution is 0.0888. The zero-order valence-corrected chi connectivity index (χ0v) is 11.0. The van der Waals surface area contributed by atoms with E-state index in [0.29, 0.717) is 12.1 Å². The number of methoxy groups -OCH3 is 1. The highest BCUT2D eigenvalue weighted by Crippen LogP contribution is 2.37. The van der Waals surface area contributed by atoms with Crippen LogP contribution in [0, 0.1) is 0 Å². The zero-order valence-electron chi connectivity index (χ0n) is 10.2. The molecule has 0 fully saturated rings. The van der Waals surface area contributed by atoms with E-state index >= 15 is 0 Å². The summed E-state index contributed by atoms with van der Waals surface area (Å²) < 4.78 is 5.54. The summed E-state index contributed by atoms with van der Waals surface area (Å²) in [6.45, 7) is 2.07. The number of ether oxygens (including phenoxy) is 1. The molecule has 2 nitrogen and oxygen atoms in total. The molecule has 2 unspecified atom stereocenters. The van der Waals surface area contributed by atoms with Gasteiger partial charge in [0, 0.05) is 22.9 Å². The molecule has 2 N–H and O–H groups in total. The highest BCUT2D eigenvalue weighted by Gasteiger charge is 2.22. The second-order valence-electron chi connectivity index (χ2n) is 4.72. The van der Waals surface area contributed by atoms with Crippen molar-refractivity contribution in [3.63, 3.8) is 0 Å². The van der Waals surface area contributed by atoms with Crippen LogP contribution in [0.25, 0.3) is 0 Å². The van der Waals surface area contributed by atoms with Gasteiger partial charge >= 0.3 is 0 Å². The molecule has 1 aromatic heterocycles. The lowest BCUT2D eigenvalue weighted by Gasteiger charge is -2.20. The lowest BCUT2D eigenvalue weighted by Crippen LogP contribution is -2.14. The molecule has 1 heterocycles. The standard InChI is InChI=1S/C13H21NOS/c1-9(14)6-7-10-8-11-12(15-2)4-3-5-13(11)16-10/h8-9,12H,3-7,14H2,1-2H3. The highest BCUT2D eigenvalue weighted by molar-refractivity contribution is 7.12. The minimum absolute atomic E-state index is 0.303. The number of hydrogen-bond acceptors (Lipinski definition) is 3. The molecule has 2 rings (SSSR count). The average Bonchev–Trinajstić information content (AvgIpc) is 2.68. The molecule has 1 aliphatic rings. The molecule has 16 heavy (non-hydrogen) atoms. The molecule has 1 aromatic rings. The maximum Gasteiger partial charge on any atom is 0.0832 e. The number of fused-ring (bicyclic) bond motifs is 1. The first-order valence-electron chi connectivity index (χ1n) is 6.10. The Bertz CT molecular complexity index is 346. The fourth-order valence-electron chi connectivity index (χ4n) is 2.31. The molecule has 3 heteroatoms. The van der Waals surface area contributed by atoms with Gasteiger partial charge in [-0.25, -0.2) is 0 Å². The third-order valence-corrected chi connectivity index (χ3v) is 4.51. The first-order valence-corrected chi connectivity index (χ1v) is 6.92. The van der Waals surface area contributed by atoms with Crippen LogP contribution in [-0.2, 0) is 17.6 Å². The van der Waals surface area contributed by atoms with E-state index in [1.165, 1.54) is 34.6 Å². The van der Waals surface area contributed by atoms with Gasteiger partial charge in [0.15, 0.2) is 0 Å². The summed E-state index contributed by atoms with van der Waals surface area (Å²) in [5.41, 5.74) is 7.24. The predicted octanol–water partition coefficient (Wildman–Crippen LogP) is 3.05. The predicted molar refractivity (Wildman–Crippen MR) is 69.0 cm³/mol. The average molecular weight is 239 g/mol. The van der Waals surface area contributed by atoms with E-state index in [1.54, 1.807) is 0 Å². The van der Waals surface area contributed by atoms with Gasteiger partial charge in [-0.1, -0.05) is 0 Å². The molecule has 0 saturated heterocycles. The quantitative estimate of drug-likeness (QED) is 0.876. The molecule has 90 valence electrons. The fraction of sp³-hybridized carbons (Fsp3) is 0.692. The Morgan fingerprint density at radius 3 is 3.12 bits per heavy atom.